The van der Waals surface area contributed by atoms with Crippen LogP contribution in [0.25, 0.3) is 0 Å². The number of guanidine groups is 1. The number of hydrogen-bond donors (Lipinski definition) is 3. The topological polar surface area (TPSA) is 74.8 Å². The van der Waals surface area contributed by atoms with E-state index in [1.54, 1.807) is 26.3 Å². The zero-order chi connectivity index (χ0) is 18.8. The van der Waals surface area contributed by atoms with Crippen LogP contribution in [0.5, 0.6) is 5.75 Å². The monoisotopic (exact) mass is 418 g/mol. The number of carbonyl (C=O) groups excluding carboxylic acids is 1. The molecule has 0 heterocycles. The number of amides is 1. The van der Waals surface area contributed by atoms with Crippen molar-refractivity contribution in [3.05, 3.63) is 64.1 Å². The van der Waals surface area contributed by atoms with Gasteiger partial charge < -0.3 is 20.7 Å². The first-order valence-electron chi connectivity index (χ1n) is 8.23. The van der Waals surface area contributed by atoms with Gasteiger partial charge in [-0.2, -0.15) is 0 Å². The average molecular weight is 419 g/mol. The van der Waals surface area contributed by atoms with E-state index in [-0.39, 0.29) is 5.91 Å². The highest BCUT2D eigenvalue weighted by Crippen LogP contribution is 2.11. The third-order valence-corrected chi connectivity index (χ3v) is 4.13. The number of aliphatic imine (C=N–C) groups is 1. The molecule has 0 radical (unpaired) electrons. The first kappa shape index (κ1) is 19.8. The summed E-state index contributed by atoms with van der Waals surface area (Å²) in [4.78, 5) is 16.2. The minimum Gasteiger partial charge on any atom is -0.497 e. The van der Waals surface area contributed by atoms with Crippen LogP contribution in [0.4, 0.5) is 0 Å². The van der Waals surface area contributed by atoms with Crippen LogP contribution in [-0.4, -0.2) is 39.1 Å². The number of rotatable bonds is 7. The molecule has 2 aromatic carbocycles. The van der Waals surface area contributed by atoms with Crippen molar-refractivity contribution in [2.24, 2.45) is 4.99 Å². The van der Waals surface area contributed by atoms with Crippen molar-refractivity contribution in [3.8, 4) is 5.75 Å². The van der Waals surface area contributed by atoms with Crippen molar-refractivity contribution in [1.29, 1.82) is 0 Å². The fourth-order valence-corrected chi connectivity index (χ4v) is 2.64. The van der Waals surface area contributed by atoms with Gasteiger partial charge in [-0.1, -0.05) is 34.1 Å². The zero-order valence-corrected chi connectivity index (χ0v) is 16.5. The minimum atomic E-state index is -0.103. The molecule has 6 nitrogen and oxygen atoms in total. The average Bonchev–Trinajstić information content (AvgIpc) is 2.67. The maximum absolute atomic E-state index is 12.1. The Labute approximate surface area is 162 Å². The molecule has 138 valence electrons. The van der Waals surface area contributed by atoms with Crippen molar-refractivity contribution >= 4 is 27.8 Å². The van der Waals surface area contributed by atoms with E-state index in [1.807, 2.05) is 36.4 Å². The van der Waals surface area contributed by atoms with E-state index in [9.17, 15) is 4.79 Å². The molecule has 7 heteroatoms. The number of benzene rings is 2. The molecule has 2 rings (SSSR count). The Morgan fingerprint density at radius 3 is 2.46 bits per heavy atom. The van der Waals surface area contributed by atoms with Crippen molar-refractivity contribution in [1.82, 2.24) is 16.0 Å². The molecule has 26 heavy (non-hydrogen) atoms. The first-order valence-corrected chi connectivity index (χ1v) is 9.03. The molecule has 0 saturated carbocycles. The highest BCUT2D eigenvalue weighted by molar-refractivity contribution is 9.10. The highest BCUT2D eigenvalue weighted by Gasteiger charge is 2.05. The van der Waals surface area contributed by atoms with Gasteiger partial charge in [-0.25, -0.2) is 0 Å². The van der Waals surface area contributed by atoms with Crippen LogP contribution in [0.3, 0.4) is 0 Å². The lowest BCUT2D eigenvalue weighted by atomic mass is 10.2. The standard InChI is InChI=1S/C19H23BrN4O2/c1-21-19(24-13-14-6-8-17(26-2)9-7-14)23-11-10-22-18(25)15-4-3-5-16(20)12-15/h3-9,12H,10-11,13H2,1-2H3,(H,22,25)(H2,21,23,24). The Balaban J connectivity index is 1.70. The lowest BCUT2D eigenvalue weighted by Gasteiger charge is -2.12. The van der Waals surface area contributed by atoms with E-state index in [2.05, 4.69) is 36.9 Å². The summed E-state index contributed by atoms with van der Waals surface area (Å²) in [6.07, 6.45) is 0. The molecule has 0 aliphatic carbocycles. The van der Waals surface area contributed by atoms with Gasteiger partial charge in [0.1, 0.15) is 5.75 Å². The van der Waals surface area contributed by atoms with Gasteiger partial charge in [0.25, 0.3) is 5.91 Å². The van der Waals surface area contributed by atoms with Gasteiger partial charge in [0.15, 0.2) is 5.96 Å². The Morgan fingerprint density at radius 1 is 1.08 bits per heavy atom. The van der Waals surface area contributed by atoms with Crippen LogP contribution in [0.2, 0.25) is 0 Å². The van der Waals surface area contributed by atoms with E-state index in [4.69, 9.17) is 4.74 Å². The van der Waals surface area contributed by atoms with Crippen LogP contribution < -0.4 is 20.7 Å². The van der Waals surface area contributed by atoms with E-state index in [0.29, 0.717) is 31.2 Å². The molecule has 1 amide bonds. The Kier molecular flexibility index (Phi) is 7.95. The second-order valence-corrected chi connectivity index (χ2v) is 6.38. The van der Waals surface area contributed by atoms with Crippen LogP contribution in [0.1, 0.15) is 15.9 Å². The molecule has 0 aromatic heterocycles. The fourth-order valence-electron chi connectivity index (χ4n) is 2.24. The molecule has 0 fully saturated rings. The minimum absolute atomic E-state index is 0.103. The number of carbonyl (C=O) groups is 1. The summed E-state index contributed by atoms with van der Waals surface area (Å²) in [5.41, 5.74) is 1.75. The Bertz CT molecular complexity index is 747. The second-order valence-electron chi connectivity index (χ2n) is 5.47. The fraction of sp³-hybridized carbons (Fsp3) is 0.263. The molecule has 3 N–H and O–H groups in total. The van der Waals surface area contributed by atoms with E-state index < -0.39 is 0 Å². The summed E-state index contributed by atoms with van der Waals surface area (Å²) in [5.74, 6) is 1.41. The molecule has 0 aliphatic rings. The van der Waals surface area contributed by atoms with Crippen molar-refractivity contribution in [3.63, 3.8) is 0 Å². The van der Waals surface area contributed by atoms with Crippen LogP contribution in [-0.2, 0) is 6.54 Å². The van der Waals surface area contributed by atoms with Crippen molar-refractivity contribution in [2.45, 2.75) is 6.54 Å². The molecule has 0 saturated heterocycles. The van der Waals surface area contributed by atoms with E-state index >= 15 is 0 Å². The third kappa shape index (κ3) is 6.40. The zero-order valence-electron chi connectivity index (χ0n) is 14.9. The molecule has 0 unspecified atom stereocenters. The Hall–Kier alpha value is -2.54. The predicted molar refractivity (Wildman–Crippen MR) is 108 cm³/mol. The smallest absolute Gasteiger partial charge is 0.251 e. The number of methoxy groups -OCH3 is 1. The molecule has 0 bridgehead atoms. The number of nitrogens with zero attached hydrogens (tertiary/aromatic N) is 1. The number of halogens is 1. The second kappa shape index (κ2) is 10.5. The summed E-state index contributed by atoms with van der Waals surface area (Å²) < 4.78 is 6.03. The molecule has 0 aliphatic heterocycles. The Morgan fingerprint density at radius 2 is 1.81 bits per heavy atom. The van der Waals surface area contributed by atoms with Crippen molar-refractivity contribution in [2.75, 3.05) is 27.2 Å². The van der Waals surface area contributed by atoms with Gasteiger partial charge in [0.2, 0.25) is 0 Å². The van der Waals surface area contributed by atoms with Gasteiger partial charge in [0.05, 0.1) is 7.11 Å². The normalized spacial score (nSPS) is 11.0. The summed E-state index contributed by atoms with van der Waals surface area (Å²) in [5, 5.41) is 9.27. The molecule has 0 atom stereocenters. The van der Waals surface area contributed by atoms with E-state index in [0.717, 1.165) is 15.8 Å². The van der Waals surface area contributed by atoms with Crippen molar-refractivity contribution < 1.29 is 9.53 Å². The number of ether oxygens (including phenoxy) is 1. The lowest BCUT2D eigenvalue weighted by molar-refractivity contribution is 0.0954. The summed E-state index contributed by atoms with van der Waals surface area (Å²) in [6.45, 7) is 1.71. The first-order chi connectivity index (χ1) is 12.6. The van der Waals surface area contributed by atoms with E-state index in [1.165, 1.54) is 0 Å². The number of hydrogen-bond acceptors (Lipinski definition) is 3. The summed E-state index contributed by atoms with van der Waals surface area (Å²) in [7, 11) is 3.36. The van der Waals surface area contributed by atoms with Crippen LogP contribution >= 0.6 is 15.9 Å². The summed E-state index contributed by atoms with van der Waals surface area (Å²) >= 11 is 3.36. The maximum Gasteiger partial charge on any atom is 0.251 e. The molecular weight excluding hydrogens is 396 g/mol. The van der Waals surface area contributed by atoms with Gasteiger partial charge in [0, 0.05) is 36.7 Å². The largest absolute Gasteiger partial charge is 0.497 e. The highest BCUT2D eigenvalue weighted by atomic mass is 79.9. The third-order valence-electron chi connectivity index (χ3n) is 3.63. The van der Waals surface area contributed by atoms with Gasteiger partial charge in [-0.3, -0.25) is 9.79 Å². The van der Waals surface area contributed by atoms with Gasteiger partial charge >= 0.3 is 0 Å². The maximum atomic E-state index is 12.1. The molecule has 0 spiro atoms. The van der Waals surface area contributed by atoms with Crippen LogP contribution in [0, 0.1) is 0 Å². The predicted octanol–water partition coefficient (Wildman–Crippen LogP) is 2.55. The van der Waals surface area contributed by atoms with Gasteiger partial charge in [-0.15, -0.1) is 0 Å². The molecule has 2 aromatic rings. The summed E-state index contributed by atoms with van der Waals surface area (Å²) in [6, 6.07) is 15.1. The SMILES string of the molecule is CN=C(NCCNC(=O)c1cccc(Br)c1)NCc1ccc(OC)cc1. The van der Waals surface area contributed by atoms with Crippen LogP contribution in [0.15, 0.2) is 58.0 Å². The molecular formula is C19H23BrN4O2. The lowest BCUT2D eigenvalue weighted by Crippen LogP contribution is -2.41. The quantitative estimate of drug-likeness (QED) is 0.367. The van der Waals surface area contributed by atoms with Gasteiger partial charge in [-0.05, 0) is 35.9 Å². The number of nitrogens with one attached hydrogen (secondary N) is 3.